The van der Waals surface area contributed by atoms with E-state index < -0.39 is 0 Å². The van der Waals surface area contributed by atoms with E-state index in [0.717, 1.165) is 0 Å². The van der Waals surface area contributed by atoms with Crippen molar-refractivity contribution in [2.45, 2.75) is 0 Å². The Bertz CT molecular complexity index is 491. The van der Waals surface area contributed by atoms with Crippen molar-refractivity contribution >= 4 is 0 Å². The summed E-state index contributed by atoms with van der Waals surface area (Å²) >= 11 is 0. The van der Waals surface area contributed by atoms with Crippen molar-refractivity contribution < 1.29 is 4.74 Å². The molecular weight excluding hydrogens is 190 g/mol. The number of hydrogen-bond acceptors (Lipinski definition) is 4. The number of nitriles is 1. The molecule has 0 fully saturated rings. The molecule has 2 aromatic rings. The third-order valence-electron chi connectivity index (χ3n) is 1.71. The van der Waals surface area contributed by atoms with E-state index in [1.807, 2.05) is 6.07 Å². The molecular formula is C11H7N3O. The highest BCUT2D eigenvalue weighted by molar-refractivity contribution is 5.37. The van der Waals surface area contributed by atoms with E-state index in [1.54, 1.807) is 42.7 Å². The first-order valence-corrected chi connectivity index (χ1v) is 4.33. The molecule has 4 heteroatoms. The number of benzene rings is 1. The molecule has 2 rings (SSSR count). The standard InChI is InChI=1S/C11H7N3O/c12-8-9-3-1-4-10(7-9)15-11-13-5-2-6-14-11/h1-7H. The molecule has 0 atom stereocenters. The normalized spacial score (nSPS) is 9.27. The SMILES string of the molecule is N#Cc1cccc(Oc2ncccn2)c1. The van der Waals surface area contributed by atoms with Gasteiger partial charge in [0.25, 0.3) is 0 Å². The predicted molar refractivity (Wildman–Crippen MR) is 53.3 cm³/mol. The van der Waals surface area contributed by atoms with Gasteiger partial charge < -0.3 is 4.74 Å². The van der Waals surface area contributed by atoms with Gasteiger partial charge in [0, 0.05) is 12.4 Å². The first-order chi connectivity index (χ1) is 7.38. The largest absolute Gasteiger partial charge is 0.424 e. The molecule has 1 aromatic heterocycles. The van der Waals surface area contributed by atoms with Crippen LogP contribution in [0.5, 0.6) is 11.8 Å². The minimum absolute atomic E-state index is 0.271. The van der Waals surface area contributed by atoms with Crippen molar-refractivity contribution in [3.05, 3.63) is 48.3 Å². The van der Waals surface area contributed by atoms with Crippen LogP contribution in [-0.2, 0) is 0 Å². The molecule has 72 valence electrons. The summed E-state index contributed by atoms with van der Waals surface area (Å²) in [6, 6.07) is 10.8. The van der Waals surface area contributed by atoms with Gasteiger partial charge in [0.2, 0.25) is 0 Å². The summed E-state index contributed by atoms with van der Waals surface area (Å²) in [7, 11) is 0. The maximum absolute atomic E-state index is 8.69. The Kier molecular flexibility index (Phi) is 2.56. The Morgan fingerprint density at radius 1 is 1.13 bits per heavy atom. The number of rotatable bonds is 2. The van der Waals surface area contributed by atoms with Crippen LogP contribution < -0.4 is 4.74 Å². The zero-order valence-corrected chi connectivity index (χ0v) is 7.79. The summed E-state index contributed by atoms with van der Waals surface area (Å²) in [5.41, 5.74) is 0.545. The van der Waals surface area contributed by atoms with Crippen LogP contribution in [0.3, 0.4) is 0 Å². The van der Waals surface area contributed by atoms with Gasteiger partial charge in [0.15, 0.2) is 0 Å². The third kappa shape index (κ3) is 2.29. The van der Waals surface area contributed by atoms with Crippen molar-refractivity contribution in [3.63, 3.8) is 0 Å². The Morgan fingerprint density at radius 2 is 1.93 bits per heavy atom. The first kappa shape index (κ1) is 9.16. The summed E-state index contributed by atoms with van der Waals surface area (Å²) < 4.78 is 5.35. The van der Waals surface area contributed by atoms with Gasteiger partial charge in [-0.05, 0) is 24.3 Å². The highest BCUT2D eigenvalue weighted by Gasteiger charge is 1.99. The second-order valence-electron chi connectivity index (χ2n) is 2.77. The molecule has 0 N–H and O–H groups in total. The Balaban J connectivity index is 2.22. The van der Waals surface area contributed by atoms with Crippen molar-refractivity contribution in [3.8, 4) is 17.8 Å². The lowest BCUT2D eigenvalue weighted by molar-refractivity contribution is 0.441. The number of nitrogens with zero attached hydrogens (tertiary/aromatic N) is 3. The van der Waals surface area contributed by atoms with E-state index in [-0.39, 0.29) is 6.01 Å². The summed E-state index contributed by atoms with van der Waals surface area (Å²) in [6.45, 7) is 0. The third-order valence-corrected chi connectivity index (χ3v) is 1.71. The zero-order chi connectivity index (χ0) is 10.5. The van der Waals surface area contributed by atoms with Crippen LogP contribution in [-0.4, -0.2) is 9.97 Å². The van der Waals surface area contributed by atoms with Crippen LogP contribution in [0.15, 0.2) is 42.7 Å². The van der Waals surface area contributed by atoms with E-state index in [9.17, 15) is 0 Å². The molecule has 0 aliphatic heterocycles. The molecule has 0 radical (unpaired) electrons. The lowest BCUT2D eigenvalue weighted by Gasteiger charge is -2.02. The lowest BCUT2D eigenvalue weighted by atomic mass is 10.2. The molecule has 4 nitrogen and oxygen atoms in total. The Morgan fingerprint density at radius 3 is 2.67 bits per heavy atom. The smallest absolute Gasteiger partial charge is 0.321 e. The van der Waals surface area contributed by atoms with Crippen molar-refractivity contribution in [2.24, 2.45) is 0 Å². The predicted octanol–water partition coefficient (Wildman–Crippen LogP) is 2.14. The second kappa shape index (κ2) is 4.20. The van der Waals surface area contributed by atoms with Crippen LogP contribution in [0.25, 0.3) is 0 Å². The minimum atomic E-state index is 0.271. The number of ether oxygens (including phenoxy) is 1. The van der Waals surface area contributed by atoms with Gasteiger partial charge in [0.1, 0.15) is 5.75 Å². The monoisotopic (exact) mass is 197 g/mol. The first-order valence-electron chi connectivity index (χ1n) is 4.33. The van der Waals surface area contributed by atoms with E-state index in [4.69, 9.17) is 10.00 Å². The molecule has 0 bridgehead atoms. The fourth-order valence-corrected chi connectivity index (χ4v) is 1.07. The van der Waals surface area contributed by atoms with E-state index in [2.05, 4.69) is 9.97 Å². The maximum atomic E-state index is 8.69. The molecule has 0 unspecified atom stereocenters. The highest BCUT2D eigenvalue weighted by atomic mass is 16.5. The average molecular weight is 197 g/mol. The van der Waals surface area contributed by atoms with Gasteiger partial charge in [-0.1, -0.05) is 6.07 Å². The Hall–Kier alpha value is -2.41. The lowest BCUT2D eigenvalue weighted by Crippen LogP contribution is -1.90. The van der Waals surface area contributed by atoms with Crippen LogP contribution in [0.1, 0.15) is 5.56 Å². The second-order valence-corrected chi connectivity index (χ2v) is 2.77. The summed E-state index contributed by atoms with van der Waals surface area (Å²) in [6.07, 6.45) is 3.19. The fourth-order valence-electron chi connectivity index (χ4n) is 1.07. The molecule has 0 saturated heterocycles. The molecule has 0 saturated carbocycles. The molecule has 0 amide bonds. The van der Waals surface area contributed by atoms with E-state index in [0.29, 0.717) is 11.3 Å². The van der Waals surface area contributed by atoms with Gasteiger partial charge in [-0.3, -0.25) is 0 Å². The molecule has 0 aliphatic carbocycles. The molecule has 15 heavy (non-hydrogen) atoms. The van der Waals surface area contributed by atoms with Gasteiger partial charge in [-0.2, -0.15) is 5.26 Å². The molecule has 0 spiro atoms. The highest BCUT2D eigenvalue weighted by Crippen LogP contribution is 2.17. The van der Waals surface area contributed by atoms with Gasteiger partial charge in [-0.25, -0.2) is 9.97 Å². The molecule has 1 aromatic carbocycles. The zero-order valence-electron chi connectivity index (χ0n) is 7.79. The minimum Gasteiger partial charge on any atom is -0.424 e. The van der Waals surface area contributed by atoms with Crippen molar-refractivity contribution in [2.75, 3.05) is 0 Å². The van der Waals surface area contributed by atoms with Crippen LogP contribution in [0, 0.1) is 11.3 Å². The topological polar surface area (TPSA) is 58.8 Å². The van der Waals surface area contributed by atoms with Gasteiger partial charge >= 0.3 is 6.01 Å². The molecule has 0 aliphatic rings. The summed E-state index contributed by atoms with van der Waals surface area (Å²) in [5.74, 6) is 0.556. The van der Waals surface area contributed by atoms with E-state index >= 15 is 0 Å². The molecule has 1 heterocycles. The maximum Gasteiger partial charge on any atom is 0.321 e. The van der Waals surface area contributed by atoms with Gasteiger partial charge in [-0.15, -0.1) is 0 Å². The average Bonchev–Trinajstić information content (AvgIpc) is 2.31. The van der Waals surface area contributed by atoms with Gasteiger partial charge in [0.05, 0.1) is 11.6 Å². The fraction of sp³-hybridized carbons (Fsp3) is 0. The number of hydrogen-bond donors (Lipinski definition) is 0. The quantitative estimate of drug-likeness (QED) is 0.740. The van der Waals surface area contributed by atoms with Crippen LogP contribution >= 0.6 is 0 Å². The Labute approximate surface area is 86.8 Å². The van der Waals surface area contributed by atoms with Crippen molar-refractivity contribution in [1.82, 2.24) is 9.97 Å². The van der Waals surface area contributed by atoms with Crippen LogP contribution in [0.2, 0.25) is 0 Å². The summed E-state index contributed by atoms with van der Waals surface area (Å²) in [5, 5.41) is 8.69. The van der Waals surface area contributed by atoms with Crippen LogP contribution in [0.4, 0.5) is 0 Å². The summed E-state index contributed by atoms with van der Waals surface area (Å²) in [4.78, 5) is 7.83. The van der Waals surface area contributed by atoms with E-state index in [1.165, 1.54) is 0 Å². The number of aromatic nitrogens is 2. The van der Waals surface area contributed by atoms with Crippen molar-refractivity contribution in [1.29, 1.82) is 5.26 Å².